The fourth-order valence-electron chi connectivity index (χ4n) is 1.64. The molecule has 1 unspecified atom stereocenters. The van der Waals surface area contributed by atoms with Gasteiger partial charge in [0.2, 0.25) is 0 Å². The smallest absolute Gasteiger partial charge is 0.156 e. The molecule has 1 N–H and O–H groups in total. The number of aldehydes is 1. The number of hydrogen-bond donors (Lipinski definition) is 1. The van der Waals surface area contributed by atoms with Gasteiger partial charge in [-0.05, 0) is 35.7 Å². The van der Waals surface area contributed by atoms with Crippen LogP contribution in [0.3, 0.4) is 0 Å². The van der Waals surface area contributed by atoms with E-state index in [0.29, 0.717) is 17.7 Å². The summed E-state index contributed by atoms with van der Waals surface area (Å²) >= 11 is 7.50. The fraction of sp³-hybridized carbons (Fsp3) is 0.250. The molecule has 6 heteroatoms. The molecule has 94 valence electrons. The maximum atomic E-state index is 10.9. The van der Waals surface area contributed by atoms with Gasteiger partial charge in [-0.2, -0.15) is 11.3 Å². The number of hydrogen-bond acceptors (Lipinski definition) is 5. The predicted octanol–water partition coefficient (Wildman–Crippen LogP) is 3.05. The number of thiophene rings is 1. The molecule has 2 aromatic rings. The lowest BCUT2D eigenvalue weighted by molar-refractivity contribution is 0.112. The first-order valence-electron chi connectivity index (χ1n) is 5.44. The first-order chi connectivity index (χ1) is 8.70. The number of carbonyl (C=O) groups is 1. The molecule has 18 heavy (non-hydrogen) atoms. The molecule has 1 atom stereocenters. The Kier molecular flexibility index (Phi) is 4.28. The average Bonchev–Trinajstić information content (AvgIpc) is 2.82. The Morgan fingerprint density at radius 2 is 2.39 bits per heavy atom. The summed E-state index contributed by atoms with van der Waals surface area (Å²) in [5, 5.41) is 7.49. The predicted molar refractivity (Wildman–Crippen MR) is 73.5 cm³/mol. The minimum absolute atomic E-state index is 0.157. The van der Waals surface area contributed by atoms with E-state index in [4.69, 9.17) is 11.6 Å². The lowest BCUT2D eigenvalue weighted by Crippen LogP contribution is -2.20. The van der Waals surface area contributed by atoms with E-state index in [1.807, 2.05) is 12.3 Å². The van der Waals surface area contributed by atoms with E-state index < -0.39 is 0 Å². The van der Waals surface area contributed by atoms with Gasteiger partial charge >= 0.3 is 0 Å². The Balaban J connectivity index is 2.09. The van der Waals surface area contributed by atoms with Gasteiger partial charge in [0.1, 0.15) is 17.3 Å². The van der Waals surface area contributed by atoms with Crippen molar-refractivity contribution in [2.24, 2.45) is 0 Å². The zero-order chi connectivity index (χ0) is 13.0. The van der Waals surface area contributed by atoms with Crippen LogP contribution in [0.15, 0.2) is 23.2 Å². The number of anilines is 1. The molecule has 0 bridgehead atoms. The molecule has 0 amide bonds. The topological polar surface area (TPSA) is 54.9 Å². The van der Waals surface area contributed by atoms with E-state index in [-0.39, 0.29) is 11.2 Å². The van der Waals surface area contributed by atoms with Gasteiger partial charge in [-0.3, -0.25) is 4.79 Å². The number of carbonyl (C=O) groups excluding carboxylic acids is 1. The van der Waals surface area contributed by atoms with Crippen molar-refractivity contribution in [3.8, 4) is 0 Å². The highest BCUT2D eigenvalue weighted by Crippen LogP contribution is 2.19. The summed E-state index contributed by atoms with van der Waals surface area (Å²) in [7, 11) is 0. The van der Waals surface area contributed by atoms with Gasteiger partial charge in [-0.15, -0.1) is 0 Å². The molecular formula is C12H12ClN3OS. The lowest BCUT2D eigenvalue weighted by atomic mass is 10.1. The summed E-state index contributed by atoms with van der Waals surface area (Å²) in [6.07, 6.45) is 2.88. The Morgan fingerprint density at radius 3 is 3.06 bits per heavy atom. The maximum absolute atomic E-state index is 10.9. The van der Waals surface area contributed by atoms with E-state index in [2.05, 4.69) is 26.7 Å². The van der Waals surface area contributed by atoms with Gasteiger partial charge in [0.25, 0.3) is 0 Å². The van der Waals surface area contributed by atoms with E-state index in [9.17, 15) is 4.79 Å². The monoisotopic (exact) mass is 281 g/mol. The number of nitrogens with one attached hydrogen (secondary N) is 1. The summed E-state index contributed by atoms with van der Waals surface area (Å²) in [6, 6.07) is 2.24. The molecule has 0 saturated heterocycles. The maximum Gasteiger partial charge on any atom is 0.156 e. The summed E-state index contributed by atoms with van der Waals surface area (Å²) in [5.41, 5.74) is 1.56. The highest BCUT2D eigenvalue weighted by atomic mass is 35.5. The van der Waals surface area contributed by atoms with Gasteiger partial charge in [0, 0.05) is 6.04 Å². The molecule has 0 radical (unpaired) electrons. The Bertz CT molecular complexity index is 530. The minimum atomic E-state index is 0.157. The van der Waals surface area contributed by atoms with E-state index in [1.54, 1.807) is 11.3 Å². The van der Waals surface area contributed by atoms with E-state index in [0.717, 1.165) is 6.42 Å². The number of nitrogens with zero attached hydrogens (tertiary/aromatic N) is 2. The minimum Gasteiger partial charge on any atom is -0.367 e. The first-order valence-corrected chi connectivity index (χ1v) is 6.76. The van der Waals surface area contributed by atoms with Gasteiger partial charge in [-0.25, -0.2) is 9.97 Å². The summed E-state index contributed by atoms with van der Waals surface area (Å²) < 4.78 is 0. The molecule has 0 aliphatic carbocycles. The zero-order valence-electron chi connectivity index (χ0n) is 9.76. The Labute approximate surface area is 114 Å². The van der Waals surface area contributed by atoms with E-state index >= 15 is 0 Å². The highest BCUT2D eigenvalue weighted by molar-refractivity contribution is 7.07. The van der Waals surface area contributed by atoms with Crippen LogP contribution in [0.1, 0.15) is 22.8 Å². The molecular weight excluding hydrogens is 270 g/mol. The number of halogens is 1. The Morgan fingerprint density at radius 1 is 1.56 bits per heavy atom. The normalized spacial score (nSPS) is 12.1. The van der Waals surface area contributed by atoms with Crippen molar-refractivity contribution >= 4 is 35.0 Å². The fourth-order valence-corrected chi connectivity index (χ4v) is 2.50. The van der Waals surface area contributed by atoms with Gasteiger partial charge in [0.15, 0.2) is 6.29 Å². The third-order valence-electron chi connectivity index (χ3n) is 2.46. The molecule has 0 aliphatic heterocycles. The van der Waals surface area contributed by atoms with Crippen LogP contribution in [0.4, 0.5) is 5.82 Å². The highest BCUT2D eigenvalue weighted by Gasteiger charge is 2.11. The second-order valence-electron chi connectivity index (χ2n) is 3.93. The molecule has 2 rings (SSSR count). The van der Waals surface area contributed by atoms with Gasteiger partial charge < -0.3 is 5.32 Å². The number of aromatic nitrogens is 2. The largest absolute Gasteiger partial charge is 0.367 e. The lowest BCUT2D eigenvalue weighted by Gasteiger charge is -2.15. The van der Waals surface area contributed by atoms with Crippen molar-refractivity contribution in [3.05, 3.63) is 39.4 Å². The van der Waals surface area contributed by atoms with Crippen LogP contribution in [-0.2, 0) is 6.42 Å². The SMILES string of the molecule is CC(Cc1ccsc1)Nc1ncnc(Cl)c1C=O. The van der Waals surface area contributed by atoms with Crippen LogP contribution in [0.5, 0.6) is 0 Å². The van der Waals surface area contributed by atoms with Crippen LogP contribution in [0.25, 0.3) is 0 Å². The third-order valence-corrected chi connectivity index (χ3v) is 3.49. The summed E-state index contributed by atoms with van der Waals surface area (Å²) in [4.78, 5) is 18.8. The van der Waals surface area contributed by atoms with Crippen LogP contribution in [0.2, 0.25) is 5.15 Å². The molecule has 0 spiro atoms. The van der Waals surface area contributed by atoms with Crippen LogP contribution < -0.4 is 5.32 Å². The molecule has 0 aliphatic rings. The molecule has 2 aromatic heterocycles. The van der Waals surface area contributed by atoms with Gasteiger partial charge in [0.05, 0.1) is 5.56 Å². The van der Waals surface area contributed by atoms with Crippen molar-refractivity contribution < 1.29 is 4.79 Å². The molecule has 0 aromatic carbocycles. The van der Waals surface area contributed by atoms with Crippen LogP contribution in [0, 0.1) is 0 Å². The van der Waals surface area contributed by atoms with Crippen molar-refractivity contribution in [3.63, 3.8) is 0 Å². The molecule has 2 heterocycles. The van der Waals surface area contributed by atoms with Gasteiger partial charge in [-0.1, -0.05) is 11.6 Å². The van der Waals surface area contributed by atoms with Crippen molar-refractivity contribution in [1.29, 1.82) is 0 Å². The molecule has 4 nitrogen and oxygen atoms in total. The summed E-state index contributed by atoms with van der Waals surface area (Å²) in [5.74, 6) is 0.479. The zero-order valence-corrected chi connectivity index (χ0v) is 11.3. The van der Waals surface area contributed by atoms with Crippen LogP contribution >= 0.6 is 22.9 Å². The third kappa shape index (κ3) is 3.05. The van der Waals surface area contributed by atoms with Crippen molar-refractivity contribution in [1.82, 2.24) is 9.97 Å². The number of rotatable bonds is 5. The van der Waals surface area contributed by atoms with Crippen LogP contribution in [-0.4, -0.2) is 22.3 Å². The van der Waals surface area contributed by atoms with E-state index in [1.165, 1.54) is 11.9 Å². The molecule has 0 fully saturated rings. The quantitative estimate of drug-likeness (QED) is 0.676. The van der Waals surface area contributed by atoms with Crippen molar-refractivity contribution in [2.75, 3.05) is 5.32 Å². The summed E-state index contributed by atoms with van der Waals surface area (Å²) in [6.45, 7) is 2.03. The Hall–Kier alpha value is -1.46. The van der Waals surface area contributed by atoms with Crippen molar-refractivity contribution in [2.45, 2.75) is 19.4 Å². The first kappa shape index (κ1) is 13.0. The second kappa shape index (κ2) is 5.93. The standard InChI is InChI=1S/C12H12ClN3OS/c1-8(4-9-2-3-18-6-9)16-12-10(5-17)11(13)14-7-15-12/h2-3,5-8H,4H2,1H3,(H,14,15,16). The average molecular weight is 282 g/mol. The molecule has 0 saturated carbocycles. The second-order valence-corrected chi connectivity index (χ2v) is 5.06.